The van der Waals surface area contributed by atoms with Crippen molar-refractivity contribution in [2.75, 3.05) is 5.88 Å². The summed E-state index contributed by atoms with van der Waals surface area (Å²) in [4.78, 5) is 4.66. The van der Waals surface area contributed by atoms with Gasteiger partial charge in [-0.15, -0.1) is 11.6 Å². The van der Waals surface area contributed by atoms with Gasteiger partial charge in [-0.25, -0.2) is 4.98 Å². The largest absolute Gasteiger partial charge is 0.295 e. The molecule has 1 heterocycles. The van der Waals surface area contributed by atoms with Crippen LogP contribution in [0.15, 0.2) is 46.9 Å². The fraction of sp³-hybridized carbons (Fsp3) is 0.125. The number of aryl methyl sites for hydroxylation is 1. The van der Waals surface area contributed by atoms with Crippen molar-refractivity contribution in [3.8, 4) is 11.8 Å². The minimum Gasteiger partial charge on any atom is -0.295 e. The molecule has 0 atom stereocenters. The van der Waals surface area contributed by atoms with Crippen molar-refractivity contribution in [3.63, 3.8) is 0 Å². The van der Waals surface area contributed by atoms with E-state index in [1.807, 2.05) is 36.4 Å². The fourth-order valence-electron chi connectivity index (χ4n) is 2.35. The molecule has 0 amide bonds. The van der Waals surface area contributed by atoms with E-state index in [2.05, 4.69) is 31.6 Å². The summed E-state index contributed by atoms with van der Waals surface area (Å²) in [6, 6.07) is 15.7. The highest BCUT2D eigenvalue weighted by molar-refractivity contribution is 9.10. The van der Waals surface area contributed by atoms with E-state index in [1.165, 1.54) is 0 Å². The molecule has 0 unspecified atom stereocenters. The molecule has 1 aromatic heterocycles. The van der Waals surface area contributed by atoms with Gasteiger partial charge in [-0.1, -0.05) is 12.1 Å². The molecule has 0 saturated heterocycles. The molecule has 3 aromatic rings. The third-order valence-electron chi connectivity index (χ3n) is 3.27. The zero-order valence-corrected chi connectivity index (χ0v) is 13.4. The van der Waals surface area contributed by atoms with Gasteiger partial charge in [-0.2, -0.15) is 5.26 Å². The number of rotatable bonds is 3. The monoisotopic (exact) mass is 359 g/mol. The number of hydrogen-bond acceptors (Lipinski definition) is 2. The van der Waals surface area contributed by atoms with Crippen LogP contribution in [0.1, 0.15) is 11.4 Å². The van der Waals surface area contributed by atoms with Crippen LogP contribution in [0.4, 0.5) is 0 Å². The van der Waals surface area contributed by atoms with Gasteiger partial charge < -0.3 is 0 Å². The summed E-state index contributed by atoms with van der Waals surface area (Å²) in [7, 11) is 0. The third-order valence-corrected chi connectivity index (χ3v) is 4.09. The lowest BCUT2D eigenvalue weighted by Crippen LogP contribution is -2.03. The van der Waals surface area contributed by atoms with E-state index in [1.54, 1.807) is 6.07 Å². The average molecular weight is 361 g/mol. The number of aromatic nitrogens is 2. The van der Waals surface area contributed by atoms with Crippen LogP contribution < -0.4 is 0 Å². The van der Waals surface area contributed by atoms with Crippen molar-refractivity contribution in [2.45, 2.75) is 6.42 Å². The number of nitrogens with zero attached hydrogens (tertiary/aromatic N) is 3. The predicted molar refractivity (Wildman–Crippen MR) is 87.9 cm³/mol. The molecule has 0 aliphatic heterocycles. The summed E-state index contributed by atoms with van der Waals surface area (Å²) in [5, 5.41) is 8.99. The molecule has 2 aromatic carbocycles. The Morgan fingerprint density at radius 2 is 2.05 bits per heavy atom. The van der Waals surface area contributed by atoms with Crippen molar-refractivity contribution < 1.29 is 0 Å². The van der Waals surface area contributed by atoms with Gasteiger partial charge in [0.1, 0.15) is 5.82 Å². The molecule has 104 valence electrons. The summed E-state index contributed by atoms with van der Waals surface area (Å²) in [6.07, 6.45) is 0.683. The first-order valence-electron chi connectivity index (χ1n) is 6.47. The smallest absolute Gasteiger partial charge is 0.115 e. The van der Waals surface area contributed by atoms with E-state index in [0.717, 1.165) is 27.0 Å². The number of hydrogen-bond donors (Lipinski definition) is 0. The lowest BCUT2D eigenvalue weighted by atomic mass is 10.2. The maximum atomic E-state index is 8.99. The Kier molecular flexibility index (Phi) is 3.96. The van der Waals surface area contributed by atoms with E-state index >= 15 is 0 Å². The van der Waals surface area contributed by atoms with Gasteiger partial charge in [-0.3, -0.25) is 4.57 Å². The minimum absolute atomic E-state index is 0.511. The number of benzene rings is 2. The highest BCUT2D eigenvalue weighted by Crippen LogP contribution is 2.28. The number of alkyl halides is 1. The Morgan fingerprint density at radius 3 is 2.76 bits per heavy atom. The van der Waals surface area contributed by atoms with Gasteiger partial charge >= 0.3 is 0 Å². The first kappa shape index (κ1) is 14.1. The Bertz CT molecular complexity index is 848. The SMILES string of the molecule is N#Cc1ccc(-n2c(CCCl)nc3ccccc32)c(Br)c1. The van der Waals surface area contributed by atoms with E-state index in [-0.39, 0.29) is 0 Å². The van der Waals surface area contributed by atoms with Gasteiger partial charge in [-0.05, 0) is 46.3 Å². The molecule has 0 aliphatic carbocycles. The molecule has 0 fully saturated rings. The molecule has 3 rings (SSSR count). The molecule has 3 nitrogen and oxygen atoms in total. The van der Waals surface area contributed by atoms with Crippen LogP contribution in [-0.4, -0.2) is 15.4 Å². The molecule has 0 N–H and O–H groups in total. The zero-order chi connectivity index (χ0) is 14.8. The molecular weight excluding hydrogens is 350 g/mol. The second-order valence-electron chi connectivity index (χ2n) is 4.57. The fourth-order valence-corrected chi connectivity index (χ4v) is 3.08. The summed E-state index contributed by atoms with van der Waals surface area (Å²) in [6.45, 7) is 0. The molecule has 21 heavy (non-hydrogen) atoms. The van der Waals surface area contributed by atoms with Crippen LogP contribution >= 0.6 is 27.5 Å². The minimum atomic E-state index is 0.511. The normalized spacial score (nSPS) is 10.7. The number of fused-ring (bicyclic) bond motifs is 1. The van der Waals surface area contributed by atoms with E-state index < -0.39 is 0 Å². The summed E-state index contributed by atoms with van der Waals surface area (Å²) >= 11 is 9.45. The lowest BCUT2D eigenvalue weighted by molar-refractivity contribution is 0.909. The van der Waals surface area contributed by atoms with E-state index in [4.69, 9.17) is 16.9 Å². The number of imidazole rings is 1. The van der Waals surface area contributed by atoms with E-state index in [0.29, 0.717) is 17.9 Å². The van der Waals surface area contributed by atoms with E-state index in [9.17, 15) is 0 Å². The maximum absolute atomic E-state index is 8.99. The average Bonchev–Trinajstić information content (AvgIpc) is 2.85. The summed E-state index contributed by atoms with van der Waals surface area (Å²) < 4.78 is 2.95. The highest BCUT2D eigenvalue weighted by Gasteiger charge is 2.14. The second-order valence-corrected chi connectivity index (χ2v) is 5.80. The first-order valence-corrected chi connectivity index (χ1v) is 7.79. The van der Waals surface area contributed by atoms with Gasteiger partial charge in [0.25, 0.3) is 0 Å². The van der Waals surface area contributed by atoms with Crippen LogP contribution in [0.5, 0.6) is 0 Å². The molecule has 0 aliphatic rings. The van der Waals surface area contributed by atoms with Gasteiger partial charge in [0.15, 0.2) is 0 Å². The van der Waals surface area contributed by atoms with Crippen molar-refractivity contribution in [3.05, 3.63) is 58.3 Å². The maximum Gasteiger partial charge on any atom is 0.115 e. The van der Waals surface area contributed by atoms with Crippen molar-refractivity contribution >= 4 is 38.6 Å². The highest BCUT2D eigenvalue weighted by atomic mass is 79.9. The predicted octanol–water partition coefficient (Wildman–Crippen LogP) is 4.44. The molecule has 5 heteroatoms. The molecule has 0 saturated carbocycles. The number of nitriles is 1. The van der Waals surface area contributed by atoms with Crippen molar-refractivity contribution in [1.29, 1.82) is 5.26 Å². The lowest BCUT2D eigenvalue weighted by Gasteiger charge is -2.11. The Balaban J connectivity index is 2.28. The summed E-state index contributed by atoms with van der Waals surface area (Å²) in [5.74, 6) is 1.42. The zero-order valence-electron chi connectivity index (χ0n) is 11.1. The first-order chi connectivity index (χ1) is 10.2. The van der Waals surface area contributed by atoms with Crippen LogP contribution in [0, 0.1) is 11.3 Å². The van der Waals surface area contributed by atoms with Crippen LogP contribution in [0.2, 0.25) is 0 Å². The quantitative estimate of drug-likeness (QED) is 0.648. The molecule has 0 bridgehead atoms. The molecular formula is C16H11BrClN3. The number of halogens is 2. The van der Waals surface area contributed by atoms with Crippen molar-refractivity contribution in [1.82, 2.24) is 9.55 Å². The summed E-state index contributed by atoms with van der Waals surface area (Å²) in [5.41, 5.74) is 3.55. The van der Waals surface area contributed by atoms with Crippen LogP contribution in [0.25, 0.3) is 16.7 Å². The number of para-hydroxylation sites is 2. The molecule has 0 radical (unpaired) electrons. The molecule has 0 spiro atoms. The van der Waals surface area contributed by atoms with Gasteiger partial charge in [0.05, 0.1) is 28.4 Å². The Hall–Kier alpha value is -1.83. The van der Waals surface area contributed by atoms with Crippen LogP contribution in [-0.2, 0) is 6.42 Å². The van der Waals surface area contributed by atoms with Crippen molar-refractivity contribution in [2.24, 2.45) is 0 Å². The second kappa shape index (κ2) is 5.88. The Morgan fingerprint density at radius 1 is 1.24 bits per heavy atom. The van der Waals surface area contributed by atoms with Crippen LogP contribution in [0.3, 0.4) is 0 Å². The van der Waals surface area contributed by atoms with Gasteiger partial charge in [0, 0.05) is 16.8 Å². The topological polar surface area (TPSA) is 41.6 Å². The van der Waals surface area contributed by atoms with Gasteiger partial charge in [0.2, 0.25) is 0 Å². The third kappa shape index (κ3) is 2.55. The standard InChI is InChI=1S/C16H11BrClN3/c17-12-9-11(10-19)5-6-14(12)21-15-4-2-1-3-13(15)20-16(21)7-8-18/h1-6,9H,7-8H2. The Labute approximate surface area is 135 Å².